The highest BCUT2D eigenvalue weighted by molar-refractivity contribution is 4.80. The van der Waals surface area contributed by atoms with E-state index in [1.54, 1.807) is 0 Å². The van der Waals surface area contributed by atoms with Crippen LogP contribution in [0.3, 0.4) is 0 Å². The highest BCUT2D eigenvalue weighted by Crippen LogP contribution is 2.23. The topological polar surface area (TPSA) is 3.24 Å². The van der Waals surface area contributed by atoms with Gasteiger partial charge < -0.3 is 4.90 Å². The van der Waals surface area contributed by atoms with Crippen molar-refractivity contribution in [3.63, 3.8) is 0 Å². The minimum Gasteiger partial charge on any atom is -0.306 e. The van der Waals surface area contributed by atoms with Crippen LogP contribution in [0.1, 0.15) is 27.7 Å². The first kappa shape index (κ1) is 11.9. The van der Waals surface area contributed by atoms with Crippen LogP contribution >= 0.6 is 0 Å². The van der Waals surface area contributed by atoms with E-state index >= 15 is 0 Å². The molecule has 12 heavy (non-hydrogen) atoms. The van der Waals surface area contributed by atoms with Gasteiger partial charge in [0.25, 0.3) is 0 Å². The Morgan fingerprint density at radius 1 is 1.08 bits per heavy atom. The highest BCUT2D eigenvalue weighted by atomic mass is 19.1. The van der Waals surface area contributed by atoms with E-state index in [-0.39, 0.29) is 11.8 Å². The smallest absolute Gasteiger partial charge is 0.108 e. The Labute approximate surface area is 75.9 Å². The maximum atomic E-state index is 13.1. The average Bonchev–Trinajstić information content (AvgIpc) is 2.04. The van der Waals surface area contributed by atoms with Crippen molar-refractivity contribution in [3.05, 3.63) is 0 Å². The van der Waals surface area contributed by atoms with E-state index in [1.807, 2.05) is 27.7 Å². The first-order chi connectivity index (χ1) is 5.61. The number of halogens is 1. The molecule has 1 saturated heterocycles. The summed E-state index contributed by atoms with van der Waals surface area (Å²) in [5, 5.41) is 0. The second kappa shape index (κ2) is 5.52. The quantitative estimate of drug-likeness (QED) is 0.547. The summed E-state index contributed by atoms with van der Waals surface area (Å²) in [5.74, 6) is 0.433. The molecular weight excluding hydrogens is 153 g/mol. The van der Waals surface area contributed by atoms with Gasteiger partial charge in [-0.2, -0.15) is 0 Å². The minimum absolute atomic E-state index is 0.216. The zero-order chi connectivity index (χ0) is 9.72. The van der Waals surface area contributed by atoms with Crippen LogP contribution in [0.2, 0.25) is 0 Å². The van der Waals surface area contributed by atoms with E-state index in [2.05, 4.69) is 11.9 Å². The molecule has 1 rings (SSSR count). The van der Waals surface area contributed by atoms with Crippen LogP contribution in [0.5, 0.6) is 0 Å². The van der Waals surface area contributed by atoms with Crippen LogP contribution in [0.15, 0.2) is 0 Å². The van der Waals surface area contributed by atoms with E-state index in [0.29, 0.717) is 0 Å². The van der Waals surface area contributed by atoms with E-state index in [9.17, 15) is 4.39 Å². The Hall–Kier alpha value is -0.110. The fraction of sp³-hybridized carbons (Fsp3) is 1.00. The van der Waals surface area contributed by atoms with Crippen LogP contribution in [-0.4, -0.2) is 31.2 Å². The van der Waals surface area contributed by atoms with Gasteiger partial charge in [-0.05, 0) is 7.05 Å². The van der Waals surface area contributed by atoms with E-state index < -0.39 is 6.17 Å². The van der Waals surface area contributed by atoms with Gasteiger partial charge in [-0.3, -0.25) is 0 Å². The maximum Gasteiger partial charge on any atom is 0.108 e. The lowest BCUT2D eigenvalue weighted by Gasteiger charge is -2.35. The van der Waals surface area contributed by atoms with Gasteiger partial charge in [-0.15, -0.1) is 0 Å². The first-order valence-corrected chi connectivity index (χ1v) is 4.94. The van der Waals surface area contributed by atoms with Crippen molar-refractivity contribution >= 4 is 0 Å². The van der Waals surface area contributed by atoms with Crippen LogP contribution in [-0.2, 0) is 0 Å². The van der Waals surface area contributed by atoms with Crippen molar-refractivity contribution in [2.75, 3.05) is 20.1 Å². The van der Waals surface area contributed by atoms with Gasteiger partial charge in [0.2, 0.25) is 0 Å². The lowest BCUT2D eigenvalue weighted by atomic mass is 9.90. The number of nitrogens with zero attached hydrogens (tertiary/aromatic N) is 1. The molecule has 1 aliphatic heterocycles. The van der Waals surface area contributed by atoms with Gasteiger partial charge in [-0.25, -0.2) is 4.39 Å². The molecule has 0 aromatic rings. The Morgan fingerprint density at radius 3 is 1.75 bits per heavy atom. The molecule has 1 fully saturated rings. The fourth-order valence-corrected chi connectivity index (χ4v) is 1.82. The van der Waals surface area contributed by atoms with Gasteiger partial charge in [0.05, 0.1) is 0 Å². The molecule has 2 unspecified atom stereocenters. The largest absolute Gasteiger partial charge is 0.306 e. The minimum atomic E-state index is -0.587. The molecule has 74 valence electrons. The average molecular weight is 175 g/mol. The molecule has 1 aliphatic rings. The third-order valence-electron chi connectivity index (χ3n) is 2.29. The van der Waals surface area contributed by atoms with Gasteiger partial charge >= 0.3 is 0 Å². The van der Waals surface area contributed by atoms with E-state index in [1.165, 1.54) is 0 Å². The molecule has 0 amide bonds. The lowest BCUT2D eigenvalue weighted by Crippen LogP contribution is -2.43. The highest BCUT2D eigenvalue weighted by Gasteiger charge is 2.29. The maximum absolute atomic E-state index is 13.1. The van der Waals surface area contributed by atoms with Crippen molar-refractivity contribution in [2.45, 2.75) is 33.9 Å². The zero-order valence-electron chi connectivity index (χ0n) is 8.97. The molecular formula is C10H22FN. The molecule has 0 N–H and O–H groups in total. The molecule has 0 saturated carbocycles. The predicted octanol–water partition coefficient (Wildman–Crippen LogP) is 2.57. The number of likely N-dealkylation sites (tertiary alicyclic amines) is 1. The molecule has 1 heterocycles. The summed E-state index contributed by atoms with van der Waals surface area (Å²) in [6.07, 6.45) is -0.587. The Morgan fingerprint density at radius 2 is 1.42 bits per heavy atom. The van der Waals surface area contributed by atoms with Crippen LogP contribution in [0.25, 0.3) is 0 Å². The normalized spacial score (nSPS) is 37.0. The third-order valence-corrected chi connectivity index (χ3v) is 2.29. The van der Waals surface area contributed by atoms with Crippen LogP contribution in [0.4, 0.5) is 4.39 Å². The van der Waals surface area contributed by atoms with Crippen molar-refractivity contribution in [1.82, 2.24) is 4.90 Å². The number of rotatable bonds is 0. The van der Waals surface area contributed by atoms with Gasteiger partial charge in [0.15, 0.2) is 0 Å². The van der Waals surface area contributed by atoms with Crippen LogP contribution in [0, 0.1) is 11.8 Å². The van der Waals surface area contributed by atoms with Crippen molar-refractivity contribution in [2.24, 2.45) is 11.8 Å². The number of hydrogen-bond acceptors (Lipinski definition) is 1. The van der Waals surface area contributed by atoms with Gasteiger partial charge in [0, 0.05) is 24.9 Å². The lowest BCUT2D eigenvalue weighted by molar-refractivity contribution is 0.0645. The molecule has 2 heteroatoms. The van der Waals surface area contributed by atoms with Crippen LogP contribution < -0.4 is 0 Å². The van der Waals surface area contributed by atoms with Crippen molar-refractivity contribution < 1.29 is 4.39 Å². The number of hydrogen-bond donors (Lipinski definition) is 0. The SMILES string of the molecule is CC.CC1CN(C)CC(C)C1F. The molecule has 0 radical (unpaired) electrons. The fourth-order valence-electron chi connectivity index (χ4n) is 1.82. The number of alkyl halides is 1. The third kappa shape index (κ3) is 3.10. The predicted molar refractivity (Wildman–Crippen MR) is 52.1 cm³/mol. The van der Waals surface area contributed by atoms with E-state index in [4.69, 9.17) is 0 Å². The molecule has 2 atom stereocenters. The summed E-state index contributed by atoms with van der Waals surface area (Å²) in [6, 6.07) is 0. The molecule has 0 bridgehead atoms. The first-order valence-electron chi connectivity index (χ1n) is 4.94. The Balaban J connectivity index is 0.000000561. The standard InChI is InChI=1S/C8H16FN.C2H6/c1-6-4-10(3)5-7(2)8(6)9;1-2/h6-8H,4-5H2,1-3H3;1-2H3. The summed E-state index contributed by atoms with van der Waals surface area (Å²) < 4.78 is 13.1. The summed E-state index contributed by atoms with van der Waals surface area (Å²) in [4.78, 5) is 2.20. The second-order valence-corrected chi connectivity index (χ2v) is 3.62. The van der Waals surface area contributed by atoms with Crippen molar-refractivity contribution in [3.8, 4) is 0 Å². The number of piperidine rings is 1. The van der Waals surface area contributed by atoms with Crippen molar-refractivity contribution in [1.29, 1.82) is 0 Å². The zero-order valence-corrected chi connectivity index (χ0v) is 8.97. The monoisotopic (exact) mass is 175 g/mol. The molecule has 0 aliphatic carbocycles. The molecule has 0 aromatic carbocycles. The summed E-state index contributed by atoms with van der Waals surface area (Å²) in [6.45, 7) is 9.78. The Bertz CT molecular complexity index is 104. The summed E-state index contributed by atoms with van der Waals surface area (Å²) >= 11 is 0. The molecule has 1 nitrogen and oxygen atoms in total. The second-order valence-electron chi connectivity index (χ2n) is 3.62. The van der Waals surface area contributed by atoms with E-state index in [0.717, 1.165) is 13.1 Å². The molecule has 0 aromatic heterocycles. The summed E-state index contributed by atoms with van der Waals surface area (Å²) in [7, 11) is 2.05. The van der Waals surface area contributed by atoms with Gasteiger partial charge in [0.1, 0.15) is 6.17 Å². The van der Waals surface area contributed by atoms with Gasteiger partial charge in [-0.1, -0.05) is 27.7 Å². The summed E-state index contributed by atoms with van der Waals surface area (Å²) in [5.41, 5.74) is 0. The Kier molecular flexibility index (Phi) is 5.47. The molecule has 0 spiro atoms.